The quantitative estimate of drug-likeness (QED) is 0.336. The SMILES string of the molecule is COc1cc(OC)cc(N(C(=O)Cc2cccs2)[C@@H](C(=O)NC2CCCCC2)c2ccc(OC)cc2OC)c1. The van der Waals surface area contributed by atoms with Gasteiger partial charge in [-0.25, -0.2) is 0 Å². The van der Waals surface area contributed by atoms with Gasteiger partial charge in [0.1, 0.15) is 29.0 Å². The van der Waals surface area contributed by atoms with Crippen molar-refractivity contribution >= 4 is 28.8 Å². The minimum absolute atomic E-state index is 0.0482. The Hall–Kier alpha value is -3.72. The Morgan fingerprint density at radius 3 is 2.18 bits per heavy atom. The van der Waals surface area contributed by atoms with Crippen molar-refractivity contribution in [2.24, 2.45) is 0 Å². The molecule has 1 saturated carbocycles. The Kier molecular flexibility index (Phi) is 9.70. The smallest absolute Gasteiger partial charge is 0.248 e. The maximum absolute atomic E-state index is 14.2. The number of carbonyl (C=O) groups excluding carboxylic acids is 2. The number of amides is 2. The number of thiophene rings is 1. The summed E-state index contributed by atoms with van der Waals surface area (Å²) in [5, 5.41) is 5.17. The van der Waals surface area contributed by atoms with Gasteiger partial charge in [-0.2, -0.15) is 0 Å². The maximum atomic E-state index is 14.2. The Labute approximate surface area is 233 Å². The molecule has 1 heterocycles. The Morgan fingerprint density at radius 2 is 1.59 bits per heavy atom. The number of rotatable bonds is 11. The molecule has 1 atom stereocenters. The zero-order chi connectivity index (χ0) is 27.8. The summed E-state index contributed by atoms with van der Waals surface area (Å²) >= 11 is 1.50. The predicted molar refractivity (Wildman–Crippen MR) is 152 cm³/mol. The molecule has 3 aromatic rings. The highest BCUT2D eigenvalue weighted by atomic mass is 32.1. The number of benzene rings is 2. The lowest BCUT2D eigenvalue weighted by Crippen LogP contribution is -2.47. The number of hydrogen-bond donors (Lipinski definition) is 1. The van der Waals surface area contributed by atoms with Crippen LogP contribution in [0.4, 0.5) is 5.69 Å². The standard InChI is InChI=1S/C30H36N2O6S/c1-35-22-12-13-26(27(18-22)38-4)29(30(34)31-20-9-6-5-7-10-20)32(28(33)19-25-11-8-14-39-25)21-15-23(36-2)17-24(16-21)37-3/h8,11-18,20,29H,5-7,9-10,19H2,1-4H3,(H,31,34)/t29-/m1/s1. The largest absolute Gasteiger partial charge is 0.497 e. The topological polar surface area (TPSA) is 86.3 Å². The second-order valence-electron chi connectivity index (χ2n) is 9.44. The van der Waals surface area contributed by atoms with Crippen LogP contribution in [0.2, 0.25) is 0 Å². The van der Waals surface area contributed by atoms with Gasteiger partial charge in [0.2, 0.25) is 11.8 Å². The lowest BCUT2D eigenvalue weighted by atomic mass is 9.94. The summed E-state index contributed by atoms with van der Waals surface area (Å²) in [4.78, 5) is 30.8. The lowest BCUT2D eigenvalue weighted by Gasteiger charge is -2.34. The molecule has 0 spiro atoms. The molecule has 4 rings (SSSR count). The third-order valence-corrected chi connectivity index (χ3v) is 7.86. The molecule has 0 unspecified atom stereocenters. The lowest BCUT2D eigenvalue weighted by molar-refractivity contribution is -0.127. The van der Waals surface area contributed by atoms with E-state index in [0.717, 1.165) is 37.0 Å². The van der Waals surface area contributed by atoms with Gasteiger partial charge in [-0.15, -0.1) is 11.3 Å². The van der Waals surface area contributed by atoms with E-state index < -0.39 is 6.04 Å². The summed E-state index contributed by atoms with van der Waals surface area (Å²) < 4.78 is 22.2. The molecule has 0 radical (unpaired) electrons. The van der Waals surface area contributed by atoms with E-state index in [-0.39, 0.29) is 24.3 Å². The van der Waals surface area contributed by atoms with Crippen molar-refractivity contribution in [2.75, 3.05) is 33.3 Å². The second-order valence-corrected chi connectivity index (χ2v) is 10.5. The minimum Gasteiger partial charge on any atom is -0.497 e. The Bertz CT molecular complexity index is 1230. The molecule has 1 aromatic heterocycles. The van der Waals surface area contributed by atoms with Crippen molar-refractivity contribution in [1.82, 2.24) is 5.32 Å². The molecule has 39 heavy (non-hydrogen) atoms. The van der Waals surface area contributed by atoms with Gasteiger partial charge >= 0.3 is 0 Å². The van der Waals surface area contributed by atoms with E-state index in [9.17, 15) is 9.59 Å². The first-order valence-electron chi connectivity index (χ1n) is 13.1. The van der Waals surface area contributed by atoms with Gasteiger partial charge in [0.05, 0.1) is 40.5 Å². The number of methoxy groups -OCH3 is 4. The van der Waals surface area contributed by atoms with Crippen LogP contribution in [0.3, 0.4) is 0 Å². The highest BCUT2D eigenvalue weighted by Gasteiger charge is 2.36. The monoisotopic (exact) mass is 552 g/mol. The van der Waals surface area contributed by atoms with Crippen LogP contribution in [-0.4, -0.2) is 46.3 Å². The third-order valence-electron chi connectivity index (χ3n) is 6.98. The minimum atomic E-state index is -1.02. The van der Waals surface area contributed by atoms with E-state index in [1.165, 1.54) is 16.2 Å². The van der Waals surface area contributed by atoms with Gasteiger partial charge in [-0.05, 0) is 36.4 Å². The van der Waals surface area contributed by atoms with E-state index in [0.29, 0.717) is 34.2 Å². The Morgan fingerprint density at radius 1 is 0.897 bits per heavy atom. The molecule has 1 fully saturated rings. The summed E-state index contributed by atoms with van der Waals surface area (Å²) in [6.07, 6.45) is 5.24. The maximum Gasteiger partial charge on any atom is 0.248 e. The number of nitrogens with zero attached hydrogens (tertiary/aromatic N) is 1. The first-order valence-corrected chi connectivity index (χ1v) is 13.9. The van der Waals surface area contributed by atoms with Gasteiger partial charge in [0.15, 0.2) is 0 Å². The average Bonchev–Trinajstić information content (AvgIpc) is 3.48. The van der Waals surface area contributed by atoms with E-state index >= 15 is 0 Å². The molecular weight excluding hydrogens is 516 g/mol. The molecule has 0 bridgehead atoms. The highest BCUT2D eigenvalue weighted by Crippen LogP contribution is 2.39. The zero-order valence-corrected chi connectivity index (χ0v) is 23.7. The number of ether oxygens (including phenoxy) is 4. The van der Waals surface area contributed by atoms with E-state index in [1.807, 2.05) is 17.5 Å². The molecule has 9 heteroatoms. The summed E-state index contributed by atoms with van der Waals surface area (Å²) in [5.41, 5.74) is 1.03. The normalized spacial score (nSPS) is 14.3. The van der Waals surface area contributed by atoms with Crippen LogP contribution >= 0.6 is 11.3 Å². The van der Waals surface area contributed by atoms with Gasteiger partial charge < -0.3 is 24.3 Å². The molecule has 1 aliphatic carbocycles. The molecule has 208 valence electrons. The molecule has 8 nitrogen and oxygen atoms in total. The van der Waals surface area contributed by atoms with Crippen molar-refractivity contribution < 1.29 is 28.5 Å². The van der Waals surface area contributed by atoms with Crippen LogP contribution in [0.5, 0.6) is 23.0 Å². The van der Waals surface area contributed by atoms with Gasteiger partial charge in [0, 0.05) is 40.7 Å². The van der Waals surface area contributed by atoms with Crippen molar-refractivity contribution in [1.29, 1.82) is 0 Å². The molecule has 1 N–H and O–H groups in total. The fourth-order valence-corrected chi connectivity index (χ4v) is 5.68. The zero-order valence-electron chi connectivity index (χ0n) is 22.9. The molecular formula is C30H36N2O6S. The number of nitrogens with one attached hydrogen (secondary N) is 1. The van der Waals surface area contributed by atoms with Gasteiger partial charge in [-0.1, -0.05) is 25.3 Å². The fraction of sp³-hybridized carbons (Fsp3) is 0.400. The number of carbonyl (C=O) groups is 2. The summed E-state index contributed by atoms with van der Waals surface area (Å²) in [6, 6.07) is 13.4. The van der Waals surface area contributed by atoms with Crippen LogP contribution in [0.1, 0.15) is 48.6 Å². The summed E-state index contributed by atoms with van der Waals surface area (Å²) in [5.74, 6) is 1.53. The van der Waals surface area contributed by atoms with Crippen molar-refractivity contribution in [3.63, 3.8) is 0 Å². The van der Waals surface area contributed by atoms with Crippen molar-refractivity contribution in [2.45, 2.75) is 50.6 Å². The van der Waals surface area contributed by atoms with Gasteiger partial charge in [-0.3, -0.25) is 14.5 Å². The first-order chi connectivity index (χ1) is 19.0. The van der Waals surface area contributed by atoms with E-state index in [2.05, 4.69) is 5.32 Å². The van der Waals surface area contributed by atoms with Crippen molar-refractivity contribution in [3.05, 3.63) is 64.4 Å². The third kappa shape index (κ3) is 6.84. The first kappa shape index (κ1) is 28.3. The van der Waals surface area contributed by atoms with E-state index in [4.69, 9.17) is 18.9 Å². The number of anilines is 1. The molecule has 0 saturated heterocycles. The fourth-order valence-electron chi connectivity index (χ4n) is 4.98. The van der Waals surface area contributed by atoms with Crippen LogP contribution < -0.4 is 29.2 Å². The van der Waals surface area contributed by atoms with Crippen LogP contribution in [-0.2, 0) is 16.0 Å². The highest BCUT2D eigenvalue weighted by molar-refractivity contribution is 7.10. The average molecular weight is 553 g/mol. The van der Waals surface area contributed by atoms with Crippen LogP contribution in [0.25, 0.3) is 0 Å². The number of hydrogen-bond acceptors (Lipinski definition) is 7. The molecule has 0 aliphatic heterocycles. The van der Waals surface area contributed by atoms with Crippen LogP contribution in [0.15, 0.2) is 53.9 Å². The second kappa shape index (κ2) is 13.4. The molecule has 1 aliphatic rings. The van der Waals surface area contributed by atoms with Crippen LogP contribution in [0, 0.1) is 0 Å². The predicted octanol–water partition coefficient (Wildman–Crippen LogP) is 5.55. The van der Waals surface area contributed by atoms with Crippen molar-refractivity contribution in [3.8, 4) is 23.0 Å². The molecule has 2 amide bonds. The summed E-state index contributed by atoms with van der Waals surface area (Å²) in [7, 11) is 6.22. The van der Waals surface area contributed by atoms with Gasteiger partial charge in [0.25, 0.3) is 0 Å². The Balaban J connectivity index is 1.87. The molecule has 2 aromatic carbocycles. The van der Waals surface area contributed by atoms with E-state index in [1.54, 1.807) is 64.8 Å². The summed E-state index contributed by atoms with van der Waals surface area (Å²) in [6.45, 7) is 0.